The molecule has 5 rings (SSSR count). The number of hydrogen-bond donors (Lipinski definition) is 1. The van der Waals surface area contributed by atoms with E-state index in [-0.39, 0.29) is 12.6 Å². The van der Waals surface area contributed by atoms with Gasteiger partial charge in [0, 0.05) is 28.1 Å². The van der Waals surface area contributed by atoms with Gasteiger partial charge in [0.2, 0.25) is 0 Å². The maximum atomic E-state index is 14.2. The zero-order chi connectivity index (χ0) is 22.2. The lowest BCUT2D eigenvalue weighted by Gasteiger charge is -2.31. The Labute approximate surface area is 192 Å². The average Bonchev–Trinajstić information content (AvgIpc) is 3.17. The topological polar surface area (TPSA) is 37.3 Å². The first-order valence-corrected chi connectivity index (χ1v) is 10.8. The fraction of sp³-hybridized carbons (Fsp3) is 0.0800. The number of fused-ring (bicyclic) bond motifs is 3. The molecule has 0 saturated carbocycles. The van der Waals surface area contributed by atoms with Gasteiger partial charge in [-0.2, -0.15) is 0 Å². The summed E-state index contributed by atoms with van der Waals surface area (Å²) in [6.07, 6.45) is 1.90. The summed E-state index contributed by atoms with van der Waals surface area (Å²) in [6, 6.07) is 21.1. The highest BCUT2D eigenvalue weighted by atomic mass is 79.9. The Morgan fingerprint density at radius 2 is 1.72 bits per heavy atom. The molecular formula is C25H18BrF2N3O. The minimum atomic E-state index is -0.699. The molecule has 0 spiro atoms. The molecule has 1 N–H and O–H groups in total. The number of nitrogens with one attached hydrogen (secondary N) is 1. The molecule has 32 heavy (non-hydrogen) atoms. The number of rotatable bonds is 2. The number of urea groups is 1. The molecule has 0 aliphatic carbocycles. The number of benzene rings is 3. The van der Waals surface area contributed by atoms with Crippen molar-refractivity contribution < 1.29 is 13.6 Å². The van der Waals surface area contributed by atoms with Crippen molar-refractivity contribution in [3.05, 3.63) is 118 Å². The number of para-hydroxylation sites is 1. The SMILES string of the molecule is O=C(Nc1cccc(Br)c1)N1Cc2ccccc2-n2cccc2[C@H]1c1cc(F)cc(F)c1. The Kier molecular flexibility index (Phi) is 5.27. The molecule has 1 aliphatic rings. The van der Waals surface area contributed by atoms with Gasteiger partial charge in [0.05, 0.1) is 18.3 Å². The lowest BCUT2D eigenvalue weighted by molar-refractivity contribution is 0.194. The Morgan fingerprint density at radius 1 is 0.938 bits per heavy atom. The lowest BCUT2D eigenvalue weighted by atomic mass is 10.0. The van der Waals surface area contributed by atoms with Crippen molar-refractivity contribution in [1.82, 2.24) is 9.47 Å². The van der Waals surface area contributed by atoms with Gasteiger partial charge in [-0.3, -0.25) is 0 Å². The quantitative estimate of drug-likeness (QED) is 0.333. The van der Waals surface area contributed by atoms with Gasteiger partial charge in [-0.1, -0.05) is 40.2 Å². The Morgan fingerprint density at radius 3 is 2.50 bits per heavy atom. The molecule has 7 heteroatoms. The molecule has 0 saturated heterocycles. The number of amides is 2. The fourth-order valence-electron chi connectivity index (χ4n) is 4.18. The van der Waals surface area contributed by atoms with E-state index in [0.717, 1.165) is 27.5 Å². The van der Waals surface area contributed by atoms with Crippen LogP contribution in [0.4, 0.5) is 19.3 Å². The zero-order valence-electron chi connectivity index (χ0n) is 16.8. The van der Waals surface area contributed by atoms with Gasteiger partial charge in [0.1, 0.15) is 11.6 Å². The zero-order valence-corrected chi connectivity index (χ0v) is 18.4. The van der Waals surface area contributed by atoms with Gasteiger partial charge in [-0.25, -0.2) is 13.6 Å². The summed E-state index contributed by atoms with van der Waals surface area (Å²) in [5.41, 5.74) is 3.56. The molecule has 0 fully saturated rings. The van der Waals surface area contributed by atoms with Crippen molar-refractivity contribution in [2.75, 3.05) is 5.32 Å². The second-order valence-corrected chi connectivity index (χ2v) is 8.52. The van der Waals surface area contributed by atoms with Gasteiger partial charge in [0.15, 0.2) is 0 Å². The molecular weight excluding hydrogens is 476 g/mol. The third kappa shape index (κ3) is 3.80. The van der Waals surface area contributed by atoms with Gasteiger partial charge in [-0.05, 0) is 59.7 Å². The average molecular weight is 494 g/mol. The van der Waals surface area contributed by atoms with E-state index in [1.54, 1.807) is 17.0 Å². The predicted molar refractivity (Wildman–Crippen MR) is 123 cm³/mol. The Hall–Kier alpha value is -3.45. The van der Waals surface area contributed by atoms with E-state index < -0.39 is 17.7 Å². The van der Waals surface area contributed by atoms with E-state index in [2.05, 4.69) is 21.2 Å². The van der Waals surface area contributed by atoms with Crippen LogP contribution in [-0.2, 0) is 6.54 Å². The normalized spacial score (nSPS) is 15.0. The summed E-state index contributed by atoms with van der Waals surface area (Å²) < 4.78 is 31.2. The third-order valence-electron chi connectivity index (χ3n) is 5.50. The first-order chi connectivity index (χ1) is 15.5. The number of carbonyl (C=O) groups excluding carboxylic acids is 1. The van der Waals surface area contributed by atoms with Gasteiger partial charge in [0.25, 0.3) is 0 Å². The first kappa shape index (κ1) is 20.5. The van der Waals surface area contributed by atoms with Crippen molar-refractivity contribution in [1.29, 1.82) is 0 Å². The highest BCUT2D eigenvalue weighted by molar-refractivity contribution is 9.10. The standard InChI is InChI=1S/C25H18BrF2N3O/c26-18-6-3-7-21(13-18)29-25(32)31-15-16-5-1-2-8-22(16)30-10-4-9-23(30)24(31)17-11-19(27)14-20(28)12-17/h1-14,24H,15H2,(H,29,32)/t24-/m1/s1. The van der Waals surface area contributed by atoms with Crippen LogP contribution in [-0.4, -0.2) is 15.5 Å². The summed E-state index contributed by atoms with van der Waals surface area (Å²) in [5, 5.41) is 2.92. The van der Waals surface area contributed by atoms with E-state index in [9.17, 15) is 13.6 Å². The molecule has 0 unspecified atom stereocenters. The smallest absolute Gasteiger partial charge is 0.318 e. The van der Waals surface area contributed by atoms with Crippen LogP contribution < -0.4 is 5.32 Å². The van der Waals surface area contributed by atoms with Gasteiger partial charge < -0.3 is 14.8 Å². The fourth-order valence-corrected chi connectivity index (χ4v) is 4.58. The molecule has 4 nitrogen and oxygen atoms in total. The van der Waals surface area contributed by atoms with E-state index in [1.165, 1.54) is 12.1 Å². The van der Waals surface area contributed by atoms with Crippen LogP contribution >= 0.6 is 15.9 Å². The second-order valence-electron chi connectivity index (χ2n) is 7.61. The van der Waals surface area contributed by atoms with Crippen molar-refractivity contribution >= 4 is 27.6 Å². The highest BCUT2D eigenvalue weighted by Crippen LogP contribution is 2.37. The molecule has 2 amide bonds. The van der Waals surface area contributed by atoms with Crippen LogP contribution in [0.15, 0.2) is 89.5 Å². The molecule has 160 valence electrons. The Bertz CT molecular complexity index is 1300. The Balaban J connectivity index is 1.66. The molecule has 2 heterocycles. The summed E-state index contributed by atoms with van der Waals surface area (Å²) in [4.78, 5) is 15.1. The largest absolute Gasteiger partial charge is 0.322 e. The number of anilines is 1. The molecule has 1 aliphatic heterocycles. The summed E-state index contributed by atoms with van der Waals surface area (Å²) in [7, 11) is 0. The third-order valence-corrected chi connectivity index (χ3v) is 5.99. The van der Waals surface area contributed by atoms with Crippen LogP contribution in [0.5, 0.6) is 0 Å². The van der Waals surface area contributed by atoms with Crippen LogP contribution in [0, 0.1) is 11.6 Å². The van der Waals surface area contributed by atoms with Gasteiger partial charge in [-0.15, -0.1) is 0 Å². The first-order valence-electron chi connectivity index (χ1n) is 10.0. The van der Waals surface area contributed by atoms with Crippen LogP contribution in [0.1, 0.15) is 22.9 Å². The van der Waals surface area contributed by atoms with Gasteiger partial charge >= 0.3 is 6.03 Å². The van der Waals surface area contributed by atoms with Crippen molar-refractivity contribution in [2.45, 2.75) is 12.6 Å². The van der Waals surface area contributed by atoms with Crippen LogP contribution in [0.2, 0.25) is 0 Å². The maximum Gasteiger partial charge on any atom is 0.322 e. The maximum absolute atomic E-state index is 14.2. The summed E-state index contributed by atoms with van der Waals surface area (Å²) >= 11 is 3.41. The molecule has 1 atom stereocenters. The highest BCUT2D eigenvalue weighted by Gasteiger charge is 2.33. The number of carbonyl (C=O) groups is 1. The van der Waals surface area contributed by atoms with Crippen molar-refractivity contribution in [3.63, 3.8) is 0 Å². The molecule has 0 bridgehead atoms. The number of aromatic nitrogens is 1. The molecule has 4 aromatic rings. The van der Waals surface area contributed by atoms with E-state index in [4.69, 9.17) is 0 Å². The minimum Gasteiger partial charge on any atom is -0.318 e. The lowest BCUT2D eigenvalue weighted by Crippen LogP contribution is -2.38. The minimum absolute atomic E-state index is 0.264. The molecule has 0 radical (unpaired) electrons. The monoisotopic (exact) mass is 493 g/mol. The van der Waals surface area contributed by atoms with Crippen molar-refractivity contribution in [3.8, 4) is 5.69 Å². The number of halogens is 3. The van der Waals surface area contributed by atoms with E-state index >= 15 is 0 Å². The number of hydrogen-bond acceptors (Lipinski definition) is 1. The molecule has 3 aromatic carbocycles. The predicted octanol–water partition coefficient (Wildman–Crippen LogP) is 6.66. The summed E-state index contributed by atoms with van der Waals surface area (Å²) in [6.45, 7) is 0.264. The van der Waals surface area contributed by atoms with Crippen LogP contribution in [0.25, 0.3) is 5.69 Å². The van der Waals surface area contributed by atoms with E-state index in [1.807, 2.05) is 59.3 Å². The van der Waals surface area contributed by atoms with E-state index in [0.29, 0.717) is 11.3 Å². The molecule has 1 aromatic heterocycles. The number of nitrogens with zero attached hydrogens (tertiary/aromatic N) is 2. The van der Waals surface area contributed by atoms with Crippen LogP contribution in [0.3, 0.4) is 0 Å². The second kappa shape index (κ2) is 8.24. The summed E-state index contributed by atoms with van der Waals surface area (Å²) in [5.74, 6) is -1.38. The van der Waals surface area contributed by atoms with Crippen molar-refractivity contribution in [2.24, 2.45) is 0 Å².